The lowest BCUT2D eigenvalue weighted by Crippen LogP contribution is -2.52. The lowest BCUT2D eigenvalue weighted by atomic mass is 10.1. The highest BCUT2D eigenvalue weighted by atomic mass is 79.9. The van der Waals surface area contributed by atoms with Gasteiger partial charge in [0.2, 0.25) is 0 Å². The summed E-state index contributed by atoms with van der Waals surface area (Å²) in [5.41, 5.74) is 0.514. The molecule has 0 bridgehead atoms. The van der Waals surface area contributed by atoms with E-state index in [-0.39, 0.29) is 17.8 Å². The van der Waals surface area contributed by atoms with Gasteiger partial charge in [0.05, 0.1) is 5.56 Å². The van der Waals surface area contributed by atoms with Crippen LogP contribution in [0, 0.1) is 5.82 Å². The van der Waals surface area contributed by atoms with Crippen molar-refractivity contribution in [3.05, 3.63) is 34.1 Å². The van der Waals surface area contributed by atoms with Crippen molar-refractivity contribution in [2.24, 2.45) is 0 Å². The van der Waals surface area contributed by atoms with Crippen molar-refractivity contribution in [1.82, 2.24) is 10.2 Å². The van der Waals surface area contributed by atoms with Gasteiger partial charge in [-0.15, -0.1) is 0 Å². The summed E-state index contributed by atoms with van der Waals surface area (Å²) in [5, 5.41) is 3.23. The van der Waals surface area contributed by atoms with Crippen molar-refractivity contribution < 1.29 is 9.18 Å². The van der Waals surface area contributed by atoms with Gasteiger partial charge in [-0.2, -0.15) is 0 Å². The molecule has 0 saturated carbocycles. The Kier molecular flexibility index (Phi) is 3.79. The molecule has 1 saturated heterocycles. The average molecular weight is 301 g/mol. The number of hydrogen-bond donors (Lipinski definition) is 1. The number of nitrogens with one attached hydrogen (secondary N) is 1. The average Bonchev–Trinajstić information content (AvgIpc) is 2.29. The molecule has 17 heavy (non-hydrogen) atoms. The minimum Gasteiger partial charge on any atom is -0.333 e. The normalized spacial score (nSPS) is 20.4. The number of piperazine rings is 1. The molecule has 1 fully saturated rings. The van der Waals surface area contributed by atoms with Gasteiger partial charge in [-0.25, -0.2) is 4.39 Å². The molecule has 1 atom stereocenters. The predicted octanol–water partition coefficient (Wildman–Crippen LogP) is 2.02. The van der Waals surface area contributed by atoms with Crippen LogP contribution in [0.25, 0.3) is 0 Å². The highest BCUT2D eigenvalue weighted by molar-refractivity contribution is 9.10. The lowest BCUT2D eigenvalue weighted by molar-refractivity contribution is 0.0655. The van der Waals surface area contributed by atoms with Crippen LogP contribution in [0.2, 0.25) is 0 Å². The monoisotopic (exact) mass is 300 g/mol. The molecule has 1 aromatic rings. The Morgan fingerprint density at radius 1 is 1.59 bits per heavy atom. The standard InChI is InChI=1S/C12H14BrFN2O/c1-8-7-15-4-5-16(8)12(17)10-3-2-9(14)6-11(10)13/h2-3,6,8,15H,4-5,7H2,1H3. The van der Waals surface area contributed by atoms with E-state index in [4.69, 9.17) is 0 Å². The van der Waals surface area contributed by atoms with Crippen LogP contribution in [-0.4, -0.2) is 36.5 Å². The molecule has 1 N–H and O–H groups in total. The SMILES string of the molecule is CC1CNCCN1C(=O)c1ccc(F)cc1Br. The van der Waals surface area contributed by atoms with Gasteiger partial charge >= 0.3 is 0 Å². The third kappa shape index (κ3) is 2.66. The molecule has 0 aromatic heterocycles. The Hall–Kier alpha value is -0.940. The summed E-state index contributed by atoms with van der Waals surface area (Å²) in [7, 11) is 0. The Labute approximate surface area is 108 Å². The Morgan fingerprint density at radius 3 is 3.00 bits per heavy atom. The minimum absolute atomic E-state index is 0.0501. The number of amides is 1. The van der Waals surface area contributed by atoms with E-state index in [2.05, 4.69) is 21.2 Å². The molecule has 1 amide bonds. The zero-order valence-electron chi connectivity index (χ0n) is 9.54. The second-order valence-corrected chi connectivity index (χ2v) is 5.03. The van der Waals surface area contributed by atoms with E-state index in [9.17, 15) is 9.18 Å². The van der Waals surface area contributed by atoms with Crippen LogP contribution >= 0.6 is 15.9 Å². The molecule has 5 heteroatoms. The Bertz CT molecular complexity index is 439. The van der Waals surface area contributed by atoms with Crippen molar-refractivity contribution >= 4 is 21.8 Å². The summed E-state index contributed by atoms with van der Waals surface area (Å²) in [4.78, 5) is 14.1. The molecule has 1 aliphatic heterocycles. The molecule has 0 aliphatic carbocycles. The zero-order valence-corrected chi connectivity index (χ0v) is 11.1. The van der Waals surface area contributed by atoms with Crippen LogP contribution in [0.4, 0.5) is 4.39 Å². The summed E-state index contributed by atoms with van der Waals surface area (Å²) in [6, 6.07) is 4.31. The number of carbonyl (C=O) groups is 1. The van der Waals surface area contributed by atoms with E-state index in [0.29, 0.717) is 16.6 Å². The van der Waals surface area contributed by atoms with Gasteiger partial charge in [-0.05, 0) is 41.1 Å². The molecule has 3 nitrogen and oxygen atoms in total. The van der Waals surface area contributed by atoms with Crippen molar-refractivity contribution in [1.29, 1.82) is 0 Å². The van der Waals surface area contributed by atoms with Gasteiger partial charge in [0.25, 0.3) is 5.91 Å². The summed E-state index contributed by atoms with van der Waals surface area (Å²) in [5.74, 6) is -0.396. The van der Waals surface area contributed by atoms with E-state index < -0.39 is 0 Å². The predicted molar refractivity (Wildman–Crippen MR) is 67.5 cm³/mol. The number of rotatable bonds is 1. The fourth-order valence-electron chi connectivity index (χ4n) is 1.96. The maximum absolute atomic E-state index is 13.0. The van der Waals surface area contributed by atoms with Crippen LogP contribution in [0.3, 0.4) is 0 Å². The first kappa shape index (κ1) is 12.5. The molecule has 2 rings (SSSR count). The van der Waals surface area contributed by atoms with Gasteiger partial charge in [-0.3, -0.25) is 4.79 Å². The van der Waals surface area contributed by atoms with Gasteiger partial charge in [-0.1, -0.05) is 0 Å². The topological polar surface area (TPSA) is 32.3 Å². The van der Waals surface area contributed by atoms with Gasteiger partial charge in [0.1, 0.15) is 5.82 Å². The maximum Gasteiger partial charge on any atom is 0.255 e. The molecular formula is C12H14BrFN2O. The highest BCUT2D eigenvalue weighted by Gasteiger charge is 2.25. The molecule has 1 aliphatic rings. The fourth-order valence-corrected chi connectivity index (χ4v) is 2.48. The summed E-state index contributed by atoms with van der Waals surface area (Å²) in [6.45, 7) is 4.28. The summed E-state index contributed by atoms with van der Waals surface area (Å²) < 4.78 is 13.5. The van der Waals surface area contributed by atoms with Gasteiger partial charge < -0.3 is 10.2 Å². The number of nitrogens with zero attached hydrogens (tertiary/aromatic N) is 1. The van der Waals surface area contributed by atoms with Crippen LogP contribution in [0.1, 0.15) is 17.3 Å². The molecule has 92 valence electrons. The highest BCUT2D eigenvalue weighted by Crippen LogP contribution is 2.21. The zero-order chi connectivity index (χ0) is 12.4. The second kappa shape index (κ2) is 5.14. The van der Waals surface area contributed by atoms with Crippen LogP contribution in [-0.2, 0) is 0 Å². The van der Waals surface area contributed by atoms with E-state index in [0.717, 1.165) is 13.1 Å². The maximum atomic E-state index is 13.0. The molecule has 1 heterocycles. The Balaban J connectivity index is 2.24. The van der Waals surface area contributed by atoms with Gasteiger partial charge in [0.15, 0.2) is 0 Å². The van der Waals surface area contributed by atoms with Crippen molar-refractivity contribution in [2.75, 3.05) is 19.6 Å². The third-order valence-electron chi connectivity index (χ3n) is 2.92. The first-order chi connectivity index (χ1) is 8.09. The molecule has 0 spiro atoms. The lowest BCUT2D eigenvalue weighted by Gasteiger charge is -2.34. The van der Waals surface area contributed by atoms with Crippen molar-refractivity contribution in [3.63, 3.8) is 0 Å². The van der Waals surface area contributed by atoms with E-state index >= 15 is 0 Å². The van der Waals surface area contributed by atoms with Crippen LogP contribution in [0.15, 0.2) is 22.7 Å². The quantitative estimate of drug-likeness (QED) is 0.861. The molecular weight excluding hydrogens is 287 g/mol. The number of benzene rings is 1. The molecule has 1 unspecified atom stereocenters. The van der Waals surface area contributed by atoms with Gasteiger partial charge in [0, 0.05) is 30.1 Å². The Morgan fingerprint density at radius 2 is 2.35 bits per heavy atom. The largest absolute Gasteiger partial charge is 0.333 e. The fraction of sp³-hybridized carbons (Fsp3) is 0.417. The number of carbonyl (C=O) groups excluding carboxylic acids is 1. The first-order valence-corrected chi connectivity index (χ1v) is 6.35. The molecule has 1 aromatic carbocycles. The van der Waals surface area contributed by atoms with Crippen LogP contribution in [0.5, 0.6) is 0 Å². The van der Waals surface area contributed by atoms with Crippen LogP contribution < -0.4 is 5.32 Å². The summed E-state index contributed by atoms with van der Waals surface area (Å²) >= 11 is 3.23. The van der Waals surface area contributed by atoms with E-state index in [1.165, 1.54) is 18.2 Å². The van der Waals surface area contributed by atoms with E-state index in [1.807, 2.05) is 11.8 Å². The van der Waals surface area contributed by atoms with Crippen molar-refractivity contribution in [3.8, 4) is 0 Å². The number of hydrogen-bond acceptors (Lipinski definition) is 2. The van der Waals surface area contributed by atoms with E-state index in [1.54, 1.807) is 0 Å². The smallest absolute Gasteiger partial charge is 0.255 e. The summed E-state index contributed by atoms with van der Waals surface area (Å²) in [6.07, 6.45) is 0. The number of halogens is 2. The second-order valence-electron chi connectivity index (χ2n) is 4.18. The molecule has 0 radical (unpaired) electrons. The minimum atomic E-state index is -0.346. The third-order valence-corrected chi connectivity index (χ3v) is 3.58. The first-order valence-electron chi connectivity index (χ1n) is 5.56. The van der Waals surface area contributed by atoms with Crippen molar-refractivity contribution in [2.45, 2.75) is 13.0 Å².